The van der Waals surface area contributed by atoms with Crippen molar-refractivity contribution in [2.24, 2.45) is 0 Å². The first-order chi connectivity index (χ1) is 4.34. The predicted molar refractivity (Wildman–Crippen MR) is 33.4 cm³/mol. The van der Waals surface area contributed by atoms with Crippen molar-refractivity contribution in [3.63, 3.8) is 0 Å². The molecule has 1 fully saturated rings. The van der Waals surface area contributed by atoms with Crippen LogP contribution in [0.25, 0.3) is 0 Å². The maximum Gasteiger partial charge on any atom is 0.0748 e. The molecule has 1 rings (SSSR count). The van der Waals surface area contributed by atoms with Crippen LogP contribution in [0.15, 0.2) is 0 Å². The highest BCUT2D eigenvalue weighted by Gasteiger charge is 2.21. The fourth-order valence-electron chi connectivity index (χ4n) is 1.08. The van der Waals surface area contributed by atoms with Gasteiger partial charge in [-0.05, 0) is 19.8 Å². The van der Waals surface area contributed by atoms with E-state index >= 15 is 0 Å². The Bertz CT molecular complexity index is 81.1. The topological polar surface area (TPSA) is 41.5 Å². The van der Waals surface area contributed by atoms with Crippen LogP contribution in [-0.4, -0.2) is 24.0 Å². The summed E-state index contributed by atoms with van der Waals surface area (Å²) in [6.07, 6.45) is 2.40. The molecule has 0 spiro atoms. The summed E-state index contributed by atoms with van der Waals surface area (Å²) in [5.41, 5.74) is 2.18. The predicted octanol–water partition coefficient (Wildman–Crippen LogP) is 0.533. The summed E-state index contributed by atoms with van der Waals surface area (Å²) >= 11 is 0. The smallest absolute Gasteiger partial charge is 0.0748 e. The molecule has 54 valence electrons. The molecule has 3 heteroatoms. The third-order valence-corrected chi connectivity index (χ3v) is 1.73. The normalized spacial score (nSPS) is 30.7. The van der Waals surface area contributed by atoms with Gasteiger partial charge in [0.05, 0.1) is 12.1 Å². The van der Waals surface area contributed by atoms with Crippen molar-refractivity contribution in [1.82, 2.24) is 5.48 Å². The highest BCUT2D eigenvalue weighted by Crippen LogP contribution is 2.14. The van der Waals surface area contributed by atoms with Crippen molar-refractivity contribution < 1.29 is 9.94 Å². The Morgan fingerprint density at radius 2 is 2.56 bits per heavy atom. The molecular weight excluding hydrogens is 118 g/mol. The van der Waals surface area contributed by atoms with Crippen molar-refractivity contribution in [3.8, 4) is 0 Å². The van der Waals surface area contributed by atoms with E-state index < -0.39 is 0 Å². The second-order valence-corrected chi connectivity index (χ2v) is 2.47. The average molecular weight is 131 g/mol. The van der Waals surface area contributed by atoms with E-state index in [1.807, 2.05) is 6.92 Å². The molecule has 9 heavy (non-hydrogen) atoms. The molecule has 3 nitrogen and oxygen atoms in total. The molecule has 0 aromatic heterocycles. The summed E-state index contributed by atoms with van der Waals surface area (Å²) in [7, 11) is 0. The lowest BCUT2D eigenvalue weighted by molar-refractivity contribution is 0.0269. The summed E-state index contributed by atoms with van der Waals surface area (Å²) in [6.45, 7) is 2.76. The molecule has 0 saturated carbocycles. The minimum Gasteiger partial charge on any atom is -0.377 e. The van der Waals surface area contributed by atoms with Crippen LogP contribution in [-0.2, 0) is 4.74 Å². The molecule has 0 aromatic carbocycles. The van der Waals surface area contributed by atoms with Gasteiger partial charge >= 0.3 is 0 Å². The van der Waals surface area contributed by atoms with Crippen molar-refractivity contribution in [1.29, 1.82) is 0 Å². The number of hydrogen-bond donors (Lipinski definition) is 2. The van der Waals surface area contributed by atoms with Crippen LogP contribution in [0.5, 0.6) is 0 Å². The van der Waals surface area contributed by atoms with Gasteiger partial charge in [0.1, 0.15) is 0 Å². The third kappa shape index (κ3) is 1.64. The van der Waals surface area contributed by atoms with Crippen LogP contribution in [0, 0.1) is 0 Å². The Hall–Kier alpha value is -0.120. The molecule has 0 bridgehead atoms. The van der Waals surface area contributed by atoms with Gasteiger partial charge in [-0.15, -0.1) is 0 Å². The number of nitrogens with one attached hydrogen (secondary N) is 1. The number of hydrogen-bond acceptors (Lipinski definition) is 3. The average Bonchev–Trinajstić information content (AvgIpc) is 2.37. The largest absolute Gasteiger partial charge is 0.377 e. The third-order valence-electron chi connectivity index (χ3n) is 1.73. The van der Waals surface area contributed by atoms with Gasteiger partial charge < -0.3 is 9.94 Å². The molecule has 2 unspecified atom stereocenters. The van der Waals surface area contributed by atoms with Gasteiger partial charge in [-0.25, -0.2) is 5.48 Å². The monoisotopic (exact) mass is 131 g/mol. The summed E-state index contributed by atoms with van der Waals surface area (Å²) in [6, 6.07) is 0.0764. The summed E-state index contributed by atoms with van der Waals surface area (Å²) < 4.78 is 5.28. The van der Waals surface area contributed by atoms with Gasteiger partial charge in [0, 0.05) is 6.61 Å². The van der Waals surface area contributed by atoms with Crippen molar-refractivity contribution in [2.75, 3.05) is 6.61 Å². The first kappa shape index (κ1) is 6.99. The molecule has 0 radical (unpaired) electrons. The standard InChI is InChI=1S/C6H13NO2/c1-5(7-8)6-3-2-4-9-6/h5-8H,2-4H2,1H3. The zero-order chi connectivity index (χ0) is 6.69. The lowest BCUT2D eigenvalue weighted by Gasteiger charge is -2.15. The molecule has 2 N–H and O–H groups in total. The summed E-state index contributed by atoms with van der Waals surface area (Å²) in [4.78, 5) is 0. The van der Waals surface area contributed by atoms with E-state index in [1.165, 1.54) is 0 Å². The summed E-state index contributed by atoms with van der Waals surface area (Å²) in [5, 5.41) is 8.47. The van der Waals surface area contributed by atoms with E-state index in [0.29, 0.717) is 0 Å². The maximum atomic E-state index is 8.47. The number of rotatable bonds is 2. The second-order valence-electron chi connectivity index (χ2n) is 2.47. The van der Waals surface area contributed by atoms with Crippen LogP contribution in [0.1, 0.15) is 19.8 Å². The number of ether oxygens (including phenoxy) is 1. The minimum absolute atomic E-state index is 0.0764. The Balaban J connectivity index is 2.24. The van der Waals surface area contributed by atoms with E-state index in [4.69, 9.17) is 9.94 Å². The van der Waals surface area contributed by atoms with Gasteiger partial charge in [-0.3, -0.25) is 0 Å². The van der Waals surface area contributed by atoms with Gasteiger partial charge in [-0.1, -0.05) is 0 Å². The Morgan fingerprint density at radius 3 is 3.00 bits per heavy atom. The highest BCUT2D eigenvalue weighted by atomic mass is 16.5. The van der Waals surface area contributed by atoms with Crippen LogP contribution in [0.3, 0.4) is 0 Å². The number of hydroxylamine groups is 1. The van der Waals surface area contributed by atoms with Crippen LogP contribution in [0.4, 0.5) is 0 Å². The van der Waals surface area contributed by atoms with E-state index in [9.17, 15) is 0 Å². The fraction of sp³-hybridized carbons (Fsp3) is 1.00. The quantitative estimate of drug-likeness (QED) is 0.537. The Morgan fingerprint density at radius 1 is 1.78 bits per heavy atom. The van der Waals surface area contributed by atoms with Crippen molar-refractivity contribution >= 4 is 0 Å². The van der Waals surface area contributed by atoms with E-state index in [-0.39, 0.29) is 12.1 Å². The molecule has 0 amide bonds. The van der Waals surface area contributed by atoms with Crippen LogP contribution >= 0.6 is 0 Å². The zero-order valence-electron chi connectivity index (χ0n) is 5.63. The van der Waals surface area contributed by atoms with Gasteiger partial charge in [0.15, 0.2) is 0 Å². The highest BCUT2D eigenvalue weighted by molar-refractivity contribution is 4.73. The van der Waals surface area contributed by atoms with Crippen LogP contribution in [0.2, 0.25) is 0 Å². The maximum absolute atomic E-state index is 8.47. The molecule has 1 heterocycles. The first-order valence-electron chi connectivity index (χ1n) is 3.36. The Kier molecular flexibility index (Phi) is 2.45. The molecule has 1 saturated heterocycles. The zero-order valence-corrected chi connectivity index (χ0v) is 5.63. The molecular formula is C6H13NO2. The second kappa shape index (κ2) is 3.15. The molecule has 1 aliphatic heterocycles. The van der Waals surface area contributed by atoms with Gasteiger partial charge in [-0.2, -0.15) is 0 Å². The van der Waals surface area contributed by atoms with Crippen LogP contribution < -0.4 is 5.48 Å². The molecule has 0 aromatic rings. The van der Waals surface area contributed by atoms with Gasteiger partial charge in [0.2, 0.25) is 0 Å². The molecule has 2 atom stereocenters. The SMILES string of the molecule is CC(NO)C1CCCO1. The lowest BCUT2D eigenvalue weighted by Crippen LogP contribution is -2.34. The van der Waals surface area contributed by atoms with Crippen molar-refractivity contribution in [2.45, 2.75) is 31.9 Å². The molecule has 0 aliphatic carbocycles. The van der Waals surface area contributed by atoms with Gasteiger partial charge in [0.25, 0.3) is 0 Å². The Labute approximate surface area is 55.0 Å². The molecule has 1 aliphatic rings. The van der Waals surface area contributed by atoms with E-state index in [2.05, 4.69) is 5.48 Å². The lowest BCUT2D eigenvalue weighted by atomic mass is 10.1. The fourth-order valence-corrected chi connectivity index (χ4v) is 1.08. The van der Waals surface area contributed by atoms with Crippen molar-refractivity contribution in [3.05, 3.63) is 0 Å². The summed E-state index contributed by atoms with van der Waals surface area (Å²) in [5.74, 6) is 0. The van der Waals surface area contributed by atoms with E-state index in [0.717, 1.165) is 19.4 Å². The first-order valence-corrected chi connectivity index (χ1v) is 3.36. The minimum atomic E-state index is 0.0764. The van der Waals surface area contributed by atoms with E-state index in [1.54, 1.807) is 0 Å².